The normalized spacial score (nSPS) is 15.4. The summed E-state index contributed by atoms with van der Waals surface area (Å²) >= 11 is 6.10. The molecule has 0 N–H and O–H groups in total. The van der Waals surface area contributed by atoms with Gasteiger partial charge in [0.2, 0.25) is 0 Å². The first kappa shape index (κ1) is 9.66. The number of ether oxygens (including phenoxy) is 2. The predicted octanol–water partition coefficient (Wildman–Crippen LogP) is 3.20. The molecule has 0 amide bonds. The van der Waals surface area contributed by atoms with Crippen LogP contribution in [0, 0.1) is 6.92 Å². The third-order valence-corrected chi connectivity index (χ3v) is 2.75. The van der Waals surface area contributed by atoms with Crippen LogP contribution in [-0.2, 0) is 0 Å². The highest BCUT2D eigenvalue weighted by Crippen LogP contribution is 2.39. The Morgan fingerprint density at radius 3 is 2.64 bits per heavy atom. The highest BCUT2D eigenvalue weighted by molar-refractivity contribution is 6.33. The molecule has 0 aliphatic heterocycles. The van der Waals surface area contributed by atoms with Gasteiger partial charge in [0.15, 0.2) is 11.5 Å². The fourth-order valence-electron chi connectivity index (χ4n) is 1.29. The highest BCUT2D eigenvalue weighted by Gasteiger charge is 2.25. The molecule has 0 heterocycles. The van der Waals surface area contributed by atoms with Crippen LogP contribution in [0.5, 0.6) is 11.5 Å². The molecule has 0 unspecified atom stereocenters. The number of rotatable bonds is 3. The van der Waals surface area contributed by atoms with E-state index in [1.165, 1.54) is 0 Å². The molecule has 1 aromatic rings. The van der Waals surface area contributed by atoms with E-state index >= 15 is 0 Å². The van der Waals surface area contributed by atoms with Gasteiger partial charge in [0, 0.05) is 0 Å². The molecule has 0 spiro atoms. The van der Waals surface area contributed by atoms with Gasteiger partial charge in [0.25, 0.3) is 0 Å². The van der Waals surface area contributed by atoms with Crippen molar-refractivity contribution in [2.24, 2.45) is 0 Å². The fourth-order valence-corrected chi connectivity index (χ4v) is 1.52. The van der Waals surface area contributed by atoms with Crippen LogP contribution in [0.2, 0.25) is 5.02 Å². The van der Waals surface area contributed by atoms with Crippen LogP contribution in [0.3, 0.4) is 0 Å². The van der Waals surface area contributed by atoms with E-state index < -0.39 is 0 Å². The molecule has 0 bridgehead atoms. The summed E-state index contributed by atoms with van der Waals surface area (Å²) < 4.78 is 10.9. The molecule has 1 aromatic carbocycles. The molecule has 0 saturated heterocycles. The van der Waals surface area contributed by atoms with Crippen LogP contribution >= 0.6 is 11.6 Å². The van der Waals surface area contributed by atoms with Crippen LogP contribution < -0.4 is 9.47 Å². The van der Waals surface area contributed by atoms with Gasteiger partial charge in [0.05, 0.1) is 18.2 Å². The SMILES string of the molecule is COc1c(OC2CC2)ccc(C)c1Cl. The van der Waals surface area contributed by atoms with E-state index in [0.29, 0.717) is 16.9 Å². The summed E-state index contributed by atoms with van der Waals surface area (Å²) in [7, 11) is 1.61. The summed E-state index contributed by atoms with van der Waals surface area (Å²) in [6.07, 6.45) is 2.63. The first-order valence-electron chi connectivity index (χ1n) is 4.72. The summed E-state index contributed by atoms with van der Waals surface area (Å²) in [5.74, 6) is 1.41. The Kier molecular flexibility index (Phi) is 2.55. The van der Waals surface area contributed by atoms with Gasteiger partial charge in [-0.15, -0.1) is 0 Å². The molecule has 1 aliphatic carbocycles. The molecule has 1 fully saturated rings. The van der Waals surface area contributed by atoms with Gasteiger partial charge in [-0.25, -0.2) is 0 Å². The molecule has 2 rings (SSSR count). The number of hydrogen-bond donors (Lipinski definition) is 0. The minimum Gasteiger partial charge on any atom is -0.491 e. The molecule has 14 heavy (non-hydrogen) atoms. The molecule has 0 radical (unpaired) electrons. The third kappa shape index (κ3) is 1.80. The highest BCUT2D eigenvalue weighted by atomic mass is 35.5. The largest absolute Gasteiger partial charge is 0.491 e. The van der Waals surface area contributed by atoms with Crippen LogP contribution in [0.25, 0.3) is 0 Å². The Morgan fingerprint density at radius 1 is 1.36 bits per heavy atom. The Balaban J connectivity index is 2.32. The second-order valence-corrected chi connectivity index (χ2v) is 3.92. The zero-order valence-corrected chi connectivity index (χ0v) is 9.10. The minimum atomic E-state index is 0.364. The number of benzene rings is 1. The van der Waals surface area contributed by atoms with E-state index in [0.717, 1.165) is 24.2 Å². The Hall–Kier alpha value is -0.890. The van der Waals surface area contributed by atoms with Crippen molar-refractivity contribution in [1.82, 2.24) is 0 Å². The van der Waals surface area contributed by atoms with Gasteiger partial charge in [-0.05, 0) is 31.4 Å². The zero-order valence-electron chi connectivity index (χ0n) is 8.34. The molecule has 0 atom stereocenters. The Labute approximate surface area is 88.8 Å². The lowest BCUT2D eigenvalue weighted by Gasteiger charge is -2.12. The van der Waals surface area contributed by atoms with E-state index in [1.807, 2.05) is 19.1 Å². The molecule has 76 valence electrons. The van der Waals surface area contributed by atoms with Crippen LogP contribution in [0.15, 0.2) is 12.1 Å². The lowest BCUT2D eigenvalue weighted by Crippen LogP contribution is -1.99. The first-order chi connectivity index (χ1) is 6.72. The van der Waals surface area contributed by atoms with Gasteiger partial charge in [0.1, 0.15) is 0 Å². The van der Waals surface area contributed by atoms with E-state index in [4.69, 9.17) is 21.1 Å². The Morgan fingerprint density at radius 2 is 2.07 bits per heavy atom. The summed E-state index contributed by atoms with van der Waals surface area (Å²) in [5, 5.41) is 0.644. The second kappa shape index (κ2) is 3.70. The van der Waals surface area contributed by atoms with Gasteiger partial charge < -0.3 is 9.47 Å². The maximum absolute atomic E-state index is 6.10. The quantitative estimate of drug-likeness (QED) is 0.766. The van der Waals surface area contributed by atoms with Crippen molar-refractivity contribution in [3.63, 3.8) is 0 Å². The van der Waals surface area contributed by atoms with Crippen LogP contribution in [0.4, 0.5) is 0 Å². The monoisotopic (exact) mass is 212 g/mol. The van der Waals surface area contributed by atoms with Crippen molar-refractivity contribution in [3.05, 3.63) is 22.7 Å². The summed E-state index contributed by atoms with van der Waals surface area (Å²) in [4.78, 5) is 0. The molecule has 0 aromatic heterocycles. The molecule has 3 heteroatoms. The molecule has 2 nitrogen and oxygen atoms in total. The average molecular weight is 213 g/mol. The summed E-state index contributed by atoms with van der Waals surface area (Å²) in [5.41, 5.74) is 1.01. The average Bonchev–Trinajstić information content (AvgIpc) is 2.96. The smallest absolute Gasteiger partial charge is 0.179 e. The molecule has 1 aliphatic rings. The van der Waals surface area contributed by atoms with E-state index in [-0.39, 0.29) is 0 Å². The van der Waals surface area contributed by atoms with Crippen molar-refractivity contribution >= 4 is 11.6 Å². The van der Waals surface area contributed by atoms with Gasteiger partial charge in [-0.2, -0.15) is 0 Å². The van der Waals surface area contributed by atoms with Gasteiger partial charge in [-0.3, -0.25) is 0 Å². The minimum absolute atomic E-state index is 0.364. The number of aryl methyl sites for hydroxylation is 1. The van der Waals surface area contributed by atoms with Crippen molar-refractivity contribution in [1.29, 1.82) is 0 Å². The fraction of sp³-hybridized carbons (Fsp3) is 0.455. The van der Waals surface area contributed by atoms with Crippen molar-refractivity contribution in [3.8, 4) is 11.5 Å². The number of halogens is 1. The standard InChI is InChI=1S/C11H13ClO2/c1-7-3-6-9(14-8-4-5-8)11(13-2)10(7)12/h3,6,8H,4-5H2,1-2H3. The number of methoxy groups -OCH3 is 1. The lowest BCUT2D eigenvalue weighted by molar-refractivity contribution is 0.282. The number of hydrogen-bond acceptors (Lipinski definition) is 2. The van der Waals surface area contributed by atoms with Gasteiger partial charge >= 0.3 is 0 Å². The van der Waals surface area contributed by atoms with Crippen LogP contribution in [0.1, 0.15) is 18.4 Å². The van der Waals surface area contributed by atoms with Crippen LogP contribution in [-0.4, -0.2) is 13.2 Å². The van der Waals surface area contributed by atoms with Gasteiger partial charge in [-0.1, -0.05) is 17.7 Å². The lowest BCUT2D eigenvalue weighted by atomic mass is 10.2. The van der Waals surface area contributed by atoms with Crippen molar-refractivity contribution in [2.75, 3.05) is 7.11 Å². The van der Waals surface area contributed by atoms with Crippen molar-refractivity contribution < 1.29 is 9.47 Å². The maximum atomic E-state index is 6.10. The molecule has 1 saturated carbocycles. The Bertz CT molecular complexity index is 345. The maximum Gasteiger partial charge on any atom is 0.179 e. The van der Waals surface area contributed by atoms with E-state index in [9.17, 15) is 0 Å². The first-order valence-corrected chi connectivity index (χ1v) is 5.10. The van der Waals surface area contributed by atoms with E-state index in [1.54, 1.807) is 7.11 Å². The predicted molar refractivity (Wildman–Crippen MR) is 56.4 cm³/mol. The third-order valence-electron chi connectivity index (χ3n) is 2.28. The van der Waals surface area contributed by atoms with E-state index in [2.05, 4.69) is 0 Å². The zero-order chi connectivity index (χ0) is 10.1. The second-order valence-electron chi connectivity index (χ2n) is 3.55. The topological polar surface area (TPSA) is 18.5 Å². The van der Waals surface area contributed by atoms with Crippen molar-refractivity contribution in [2.45, 2.75) is 25.9 Å². The summed E-state index contributed by atoms with van der Waals surface area (Å²) in [6.45, 7) is 1.95. The summed E-state index contributed by atoms with van der Waals surface area (Å²) in [6, 6.07) is 3.86. The molecular weight excluding hydrogens is 200 g/mol. The molecular formula is C11H13ClO2.